The van der Waals surface area contributed by atoms with Gasteiger partial charge in [-0.3, -0.25) is 0 Å². The summed E-state index contributed by atoms with van der Waals surface area (Å²) in [5.41, 5.74) is 0. The molecule has 0 aromatic heterocycles. The highest BCUT2D eigenvalue weighted by atomic mass is 79.9. The fraction of sp³-hybridized carbons (Fsp3) is 0.400. The zero-order valence-corrected chi connectivity index (χ0v) is 16.2. The molecule has 3 nitrogen and oxygen atoms in total. The first-order chi connectivity index (χ1) is 11.2. The van der Waals surface area contributed by atoms with Crippen molar-refractivity contribution in [2.45, 2.75) is 12.8 Å². The number of para-hydroxylation sites is 2. The van der Waals surface area contributed by atoms with Crippen molar-refractivity contribution in [3.05, 3.63) is 60.7 Å². The highest BCUT2D eigenvalue weighted by Crippen LogP contribution is 2.11. The Morgan fingerprint density at radius 1 is 0.667 bits per heavy atom. The third kappa shape index (κ3) is 8.37. The number of ether oxygens (including phenoxy) is 2. The molecule has 2 aromatic rings. The number of nitrogens with zero attached hydrogens (tertiary/aromatic N) is 1. The molecule has 0 fully saturated rings. The third-order valence-corrected chi connectivity index (χ3v) is 3.84. The third-order valence-electron chi connectivity index (χ3n) is 3.84. The van der Waals surface area contributed by atoms with Crippen molar-refractivity contribution in [1.29, 1.82) is 0 Å². The van der Waals surface area contributed by atoms with E-state index < -0.39 is 0 Å². The van der Waals surface area contributed by atoms with Crippen LogP contribution >= 0.6 is 0 Å². The quantitative estimate of drug-likeness (QED) is 0.442. The number of benzene rings is 2. The van der Waals surface area contributed by atoms with Crippen LogP contribution < -0.4 is 26.5 Å². The van der Waals surface area contributed by atoms with E-state index in [1.807, 2.05) is 60.7 Å². The van der Waals surface area contributed by atoms with E-state index in [0.29, 0.717) is 0 Å². The van der Waals surface area contributed by atoms with Gasteiger partial charge in [0.25, 0.3) is 0 Å². The predicted molar refractivity (Wildman–Crippen MR) is 95.0 cm³/mol. The molecule has 0 aliphatic rings. The number of halogens is 1. The van der Waals surface area contributed by atoms with Gasteiger partial charge in [-0.25, -0.2) is 0 Å². The van der Waals surface area contributed by atoms with Gasteiger partial charge >= 0.3 is 0 Å². The first kappa shape index (κ1) is 20.5. The van der Waals surface area contributed by atoms with E-state index in [4.69, 9.17) is 9.47 Å². The van der Waals surface area contributed by atoms with Crippen LogP contribution in [-0.2, 0) is 0 Å². The molecule has 0 unspecified atom stereocenters. The molecule has 24 heavy (non-hydrogen) atoms. The fourth-order valence-electron chi connectivity index (χ4n) is 2.51. The maximum absolute atomic E-state index is 5.75. The molecular weight excluding hydrogens is 366 g/mol. The molecule has 4 heteroatoms. The largest absolute Gasteiger partial charge is 1.00 e. The second-order valence-corrected chi connectivity index (χ2v) is 6.41. The van der Waals surface area contributed by atoms with Crippen molar-refractivity contribution in [2.75, 3.05) is 40.4 Å². The average Bonchev–Trinajstić information content (AvgIpc) is 2.58. The van der Waals surface area contributed by atoms with Crippen molar-refractivity contribution in [1.82, 2.24) is 0 Å². The molecular formula is C20H28BrNO2. The molecule has 0 spiro atoms. The predicted octanol–water partition coefficient (Wildman–Crippen LogP) is 1.01. The Balaban J connectivity index is 0.00000288. The zero-order chi connectivity index (χ0) is 16.4. The van der Waals surface area contributed by atoms with Gasteiger partial charge in [-0.15, -0.1) is 0 Å². The molecule has 0 aliphatic heterocycles. The van der Waals surface area contributed by atoms with Crippen LogP contribution in [0.15, 0.2) is 60.7 Å². The lowest BCUT2D eigenvalue weighted by Gasteiger charge is -2.29. The van der Waals surface area contributed by atoms with Crippen LogP contribution in [0.2, 0.25) is 0 Å². The minimum absolute atomic E-state index is 0. The summed E-state index contributed by atoms with van der Waals surface area (Å²) in [5, 5.41) is 0. The second-order valence-electron chi connectivity index (χ2n) is 6.41. The van der Waals surface area contributed by atoms with Crippen molar-refractivity contribution < 1.29 is 30.9 Å². The maximum atomic E-state index is 5.75. The van der Waals surface area contributed by atoms with Crippen LogP contribution in [0.4, 0.5) is 0 Å². The van der Waals surface area contributed by atoms with Crippen LogP contribution in [-0.4, -0.2) is 44.9 Å². The Morgan fingerprint density at radius 2 is 1.04 bits per heavy atom. The van der Waals surface area contributed by atoms with Gasteiger partial charge in [0.05, 0.1) is 40.4 Å². The van der Waals surface area contributed by atoms with E-state index in [1.54, 1.807) is 0 Å². The monoisotopic (exact) mass is 393 g/mol. The van der Waals surface area contributed by atoms with Gasteiger partial charge in [-0.1, -0.05) is 36.4 Å². The van der Waals surface area contributed by atoms with E-state index in [0.717, 1.165) is 55.1 Å². The van der Waals surface area contributed by atoms with Crippen LogP contribution in [0.3, 0.4) is 0 Å². The Hall–Kier alpha value is -1.52. The number of rotatable bonds is 10. The number of hydrogen-bond acceptors (Lipinski definition) is 2. The summed E-state index contributed by atoms with van der Waals surface area (Å²) in [7, 11) is 4.54. The van der Waals surface area contributed by atoms with Crippen LogP contribution in [0.25, 0.3) is 0 Å². The van der Waals surface area contributed by atoms with Crippen molar-refractivity contribution in [3.8, 4) is 11.5 Å². The highest BCUT2D eigenvalue weighted by molar-refractivity contribution is 5.21. The van der Waals surface area contributed by atoms with E-state index in [1.165, 1.54) is 0 Å². The van der Waals surface area contributed by atoms with Gasteiger partial charge in [0, 0.05) is 12.8 Å². The minimum atomic E-state index is 0. The summed E-state index contributed by atoms with van der Waals surface area (Å²) >= 11 is 0. The SMILES string of the molecule is C[N+](C)(CCCOc1ccccc1)CCCOc1ccccc1.[Br-]. The van der Waals surface area contributed by atoms with Crippen molar-refractivity contribution >= 4 is 0 Å². The van der Waals surface area contributed by atoms with E-state index >= 15 is 0 Å². The van der Waals surface area contributed by atoms with Gasteiger partial charge in [0.15, 0.2) is 0 Å². The van der Waals surface area contributed by atoms with Gasteiger partial charge < -0.3 is 30.9 Å². The summed E-state index contributed by atoms with van der Waals surface area (Å²) in [5.74, 6) is 1.91. The molecule has 0 amide bonds. The molecule has 0 N–H and O–H groups in total. The normalized spacial score (nSPS) is 10.8. The molecule has 2 aromatic carbocycles. The molecule has 0 atom stereocenters. The smallest absolute Gasteiger partial charge is 0.119 e. The van der Waals surface area contributed by atoms with Gasteiger partial charge in [-0.2, -0.15) is 0 Å². The highest BCUT2D eigenvalue weighted by Gasteiger charge is 2.14. The molecule has 0 saturated heterocycles. The Morgan fingerprint density at radius 3 is 1.42 bits per heavy atom. The van der Waals surface area contributed by atoms with E-state index in [9.17, 15) is 0 Å². The van der Waals surface area contributed by atoms with Crippen LogP contribution in [0, 0.1) is 0 Å². The molecule has 0 heterocycles. The second kappa shape index (κ2) is 11.1. The maximum Gasteiger partial charge on any atom is 0.119 e. The van der Waals surface area contributed by atoms with Crippen LogP contribution in [0.1, 0.15) is 12.8 Å². The molecule has 132 valence electrons. The number of quaternary nitrogens is 1. The molecule has 0 radical (unpaired) electrons. The lowest BCUT2D eigenvalue weighted by Crippen LogP contribution is -3.00. The molecule has 0 bridgehead atoms. The van der Waals surface area contributed by atoms with Gasteiger partial charge in [-0.05, 0) is 24.3 Å². The standard InChI is InChI=1S/C20H28NO2.BrH/c1-21(2,15-9-17-22-19-11-5-3-6-12-19)16-10-18-23-20-13-7-4-8-14-20;/h3-8,11-14H,9-10,15-18H2,1-2H3;1H/q+1;/p-1. The molecule has 0 saturated carbocycles. The fourth-order valence-corrected chi connectivity index (χ4v) is 2.51. The average molecular weight is 394 g/mol. The van der Waals surface area contributed by atoms with Gasteiger partial charge in [0.1, 0.15) is 11.5 Å². The van der Waals surface area contributed by atoms with Crippen LogP contribution in [0.5, 0.6) is 11.5 Å². The Bertz CT molecular complexity index is 497. The van der Waals surface area contributed by atoms with Crippen molar-refractivity contribution in [3.63, 3.8) is 0 Å². The van der Waals surface area contributed by atoms with E-state index in [-0.39, 0.29) is 17.0 Å². The summed E-state index contributed by atoms with van der Waals surface area (Å²) in [6, 6.07) is 20.0. The Labute approximate surface area is 156 Å². The zero-order valence-electron chi connectivity index (χ0n) is 14.7. The summed E-state index contributed by atoms with van der Waals surface area (Å²) in [6.07, 6.45) is 2.11. The summed E-state index contributed by atoms with van der Waals surface area (Å²) in [6.45, 7) is 3.76. The van der Waals surface area contributed by atoms with Gasteiger partial charge in [0.2, 0.25) is 0 Å². The first-order valence-electron chi connectivity index (χ1n) is 8.33. The molecule has 2 rings (SSSR count). The van der Waals surface area contributed by atoms with E-state index in [2.05, 4.69) is 14.1 Å². The Kier molecular flexibility index (Phi) is 9.50. The lowest BCUT2D eigenvalue weighted by atomic mass is 10.3. The molecule has 0 aliphatic carbocycles. The first-order valence-corrected chi connectivity index (χ1v) is 8.33. The minimum Gasteiger partial charge on any atom is -1.00 e. The summed E-state index contributed by atoms with van der Waals surface area (Å²) < 4.78 is 12.5. The summed E-state index contributed by atoms with van der Waals surface area (Å²) in [4.78, 5) is 0. The topological polar surface area (TPSA) is 18.5 Å². The number of hydrogen-bond donors (Lipinski definition) is 0. The van der Waals surface area contributed by atoms with Crippen molar-refractivity contribution in [2.24, 2.45) is 0 Å². The lowest BCUT2D eigenvalue weighted by molar-refractivity contribution is -0.890.